The number of carbonyl (C=O) groups excluding carboxylic acids is 2. The number of likely N-dealkylation sites (tertiary alicyclic amines) is 1. The van der Waals surface area contributed by atoms with E-state index in [1.165, 1.54) is 19.4 Å². The molecule has 3 atom stereocenters. The first-order valence-corrected chi connectivity index (χ1v) is 10.8. The number of halogens is 4. The summed E-state index contributed by atoms with van der Waals surface area (Å²) in [6.07, 6.45) is -5.70. The molecule has 14 heteroatoms. The first-order valence-electron chi connectivity index (χ1n) is 10.8. The van der Waals surface area contributed by atoms with Crippen LogP contribution in [0.25, 0.3) is 0 Å². The van der Waals surface area contributed by atoms with Crippen LogP contribution in [0.5, 0.6) is 5.88 Å². The lowest BCUT2D eigenvalue weighted by atomic mass is 9.79. The lowest BCUT2D eigenvalue weighted by Gasteiger charge is -2.32. The number of nitrogens with one attached hydrogen (secondary N) is 1. The summed E-state index contributed by atoms with van der Waals surface area (Å²) >= 11 is 0. The van der Waals surface area contributed by atoms with Crippen molar-refractivity contribution in [2.75, 3.05) is 20.2 Å². The van der Waals surface area contributed by atoms with Gasteiger partial charge >= 0.3 is 13.3 Å². The normalized spacial score (nSPS) is 25.3. The summed E-state index contributed by atoms with van der Waals surface area (Å²) in [5.41, 5.74) is -4.68. The minimum atomic E-state index is -5.25. The van der Waals surface area contributed by atoms with Gasteiger partial charge in [0.1, 0.15) is 11.7 Å². The summed E-state index contributed by atoms with van der Waals surface area (Å²) in [4.78, 5) is 29.8. The molecule has 0 aromatic carbocycles. The second-order valence-electron chi connectivity index (χ2n) is 9.79. The minimum Gasteiger partial charge on any atom is -0.480 e. The van der Waals surface area contributed by atoms with Crippen molar-refractivity contribution in [3.8, 4) is 5.88 Å². The molecule has 0 saturated carbocycles. The number of hydrogen-bond donors (Lipinski definition) is 2. The predicted octanol–water partition coefficient (Wildman–Crippen LogP) is 0.981. The fourth-order valence-electron chi connectivity index (χ4n) is 3.64. The SMILES string of the molecule is COc1ncc(B2OC(C)(C)C(C)(C)O2)cc1C(=O)N[C@@H]1CN(C(=O)[C@@](C)(O)C(F)(F)F)C[C@@H]1F. The van der Waals surface area contributed by atoms with Crippen LogP contribution in [-0.4, -0.2) is 89.3 Å². The number of aromatic nitrogens is 1. The maximum absolute atomic E-state index is 14.6. The van der Waals surface area contributed by atoms with E-state index in [4.69, 9.17) is 14.0 Å². The lowest BCUT2D eigenvalue weighted by molar-refractivity contribution is -0.249. The van der Waals surface area contributed by atoms with Gasteiger partial charge in [0, 0.05) is 18.2 Å². The van der Waals surface area contributed by atoms with Crippen molar-refractivity contribution in [2.45, 2.75) is 69.8 Å². The number of amides is 2. The van der Waals surface area contributed by atoms with Crippen molar-refractivity contribution in [3.05, 3.63) is 17.8 Å². The Bertz CT molecular complexity index is 988. The van der Waals surface area contributed by atoms with Crippen LogP contribution in [0.3, 0.4) is 0 Å². The molecule has 0 bridgehead atoms. The number of nitrogens with zero attached hydrogens (tertiary/aromatic N) is 2. The van der Waals surface area contributed by atoms with Gasteiger partial charge in [0.15, 0.2) is 0 Å². The number of rotatable bonds is 5. The summed E-state index contributed by atoms with van der Waals surface area (Å²) < 4.78 is 70.6. The average Bonchev–Trinajstić information content (AvgIpc) is 3.21. The molecule has 3 rings (SSSR count). The zero-order valence-electron chi connectivity index (χ0n) is 20.2. The molecular formula is C21H28BF4N3O6. The second kappa shape index (κ2) is 8.89. The Labute approximate surface area is 200 Å². The number of hydrogen-bond acceptors (Lipinski definition) is 7. The molecule has 2 aliphatic rings. The predicted molar refractivity (Wildman–Crippen MR) is 116 cm³/mol. The molecule has 9 nitrogen and oxygen atoms in total. The first kappa shape index (κ1) is 27.1. The van der Waals surface area contributed by atoms with Crippen LogP contribution in [0, 0.1) is 0 Å². The van der Waals surface area contributed by atoms with Gasteiger partial charge in [0.05, 0.1) is 30.9 Å². The Morgan fingerprint density at radius 2 is 1.80 bits per heavy atom. The molecule has 1 aromatic rings. The molecule has 0 radical (unpaired) electrons. The van der Waals surface area contributed by atoms with Crippen LogP contribution in [0.1, 0.15) is 45.0 Å². The van der Waals surface area contributed by atoms with Gasteiger partial charge in [0.2, 0.25) is 11.5 Å². The number of pyridine rings is 1. The molecule has 2 saturated heterocycles. The van der Waals surface area contributed by atoms with Crippen molar-refractivity contribution in [1.29, 1.82) is 0 Å². The molecule has 2 N–H and O–H groups in total. The second-order valence-corrected chi connectivity index (χ2v) is 9.79. The van der Waals surface area contributed by atoms with Crippen molar-refractivity contribution < 1.29 is 46.3 Å². The number of ether oxygens (including phenoxy) is 1. The Balaban J connectivity index is 1.78. The quantitative estimate of drug-likeness (QED) is 0.454. The van der Waals surface area contributed by atoms with E-state index in [-0.39, 0.29) is 11.4 Å². The van der Waals surface area contributed by atoms with Gasteiger partial charge in [-0.05, 0) is 40.7 Å². The van der Waals surface area contributed by atoms with E-state index in [9.17, 15) is 32.3 Å². The number of alkyl halides is 4. The van der Waals surface area contributed by atoms with E-state index < -0.39 is 67.2 Å². The molecule has 3 heterocycles. The van der Waals surface area contributed by atoms with Gasteiger partial charge in [0.25, 0.3) is 11.8 Å². The van der Waals surface area contributed by atoms with Gasteiger partial charge in [-0.2, -0.15) is 13.2 Å². The third-order valence-corrected chi connectivity index (χ3v) is 6.66. The Kier molecular flexibility index (Phi) is 6.90. The molecule has 2 aliphatic heterocycles. The summed E-state index contributed by atoms with van der Waals surface area (Å²) in [5, 5.41) is 12.0. The van der Waals surface area contributed by atoms with Crippen molar-refractivity contribution in [1.82, 2.24) is 15.2 Å². The highest BCUT2D eigenvalue weighted by atomic mass is 19.4. The van der Waals surface area contributed by atoms with Crippen molar-refractivity contribution in [3.63, 3.8) is 0 Å². The number of aliphatic hydroxyl groups is 1. The Hall–Kier alpha value is -2.45. The summed E-state index contributed by atoms with van der Waals surface area (Å²) in [6.45, 7) is 6.41. The third-order valence-electron chi connectivity index (χ3n) is 6.66. The molecule has 0 unspecified atom stereocenters. The van der Waals surface area contributed by atoms with Crippen LogP contribution in [0.4, 0.5) is 17.6 Å². The topological polar surface area (TPSA) is 110 Å². The van der Waals surface area contributed by atoms with Crippen LogP contribution < -0.4 is 15.5 Å². The minimum absolute atomic E-state index is 0.0795. The highest BCUT2D eigenvalue weighted by Gasteiger charge is 2.58. The van der Waals surface area contributed by atoms with Crippen molar-refractivity contribution >= 4 is 24.4 Å². The maximum Gasteiger partial charge on any atom is 0.496 e. The molecular weight excluding hydrogens is 477 g/mol. The van der Waals surface area contributed by atoms with E-state index in [2.05, 4.69) is 10.3 Å². The van der Waals surface area contributed by atoms with E-state index in [0.717, 1.165) is 0 Å². The van der Waals surface area contributed by atoms with Crippen LogP contribution in [0.15, 0.2) is 12.3 Å². The Morgan fingerprint density at radius 3 is 2.31 bits per heavy atom. The zero-order chi connectivity index (χ0) is 26.6. The van der Waals surface area contributed by atoms with E-state index in [1.54, 1.807) is 0 Å². The average molecular weight is 505 g/mol. The fraction of sp³-hybridized carbons (Fsp3) is 0.667. The summed E-state index contributed by atoms with van der Waals surface area (Å²) in [7, 11) is 0.434. The van der Waals surface area contributed by atoms with Crippen LogP contribution in [0.2, 0.25) is 0 Å². The smallest absolute Gasteiger partial charge is 0.480 e. The highest BCUT2D eigenvalue weighted by Crippen LogP contribution is 2.37. The largest absolute Gasteiger partial charge is 0.496 e. The maximum atomic E-state index is 14.6. The first-order chi connectivity index (χ1) is 15.9. The van der Waals surface area contributed by atoms with Crippen molar-refractivity contribution in [2.24, 2.45) is 0 Å². The molecule has 35 heavy (non-hydrogen) atoms. The summed E-state index contributed by atoms with van der Waals surface area (Å²) in [6, 6.07) is 0.0868. The molecule has 194 valence electrons. The van der Waals surface area contributed by atoms with Gasteiger partial charge in [-0.15, -0.1) is 0 Å². The van der Waals surface area contributed by atoms with Crippen LogP contribution >= 0.6 is 0 Å². The van der Waals surface area contributed by atoms with E-state index in [1.807, 2.05) is 27.7 Å². The van der Waals surface area contributed by atoms with E-state index in [0.29, 0.717) is 17.3 Å². The van der Waals surface area contributed by atoms with Gasteiger partial charge in [-0.3, -0.25) is 9.59 Å². The standard InChI is InChI=1S/C21H28BF4N3O6/c1-18(2)19(3,4)35-22(34-18)11-7-12(16(33-6)27-8-11)15(30)28-14-10-29(9-13(14)23)17(31)20(5,32)21(24,25)26/h7-8,13-14,32H,9-10H2,1-6H3,(H,28,30)/t13-,14+,20+/m0/s1. The lowest BCUT2D eigenvalue weighted by Crippen LogP contribution is -2.56. The molecule has 2 amide bonds. The highest BCUT2D eigenvalue weighted by molar-refractivity contribution is 6.62. The number of carbonyl (C=O) groups is 2. The molecule has 0 spiro atoms. The van der Waals surface area contributed by atoms with Gasteiger partial charge in [-0.25, -0.2) is 9.37 Å². The fourth-order valence-corrected chi connectivity index (χ4v) is 3.64. The molecule has 2 fully saturated rings. The molecule has 1 aromatic heterocycles. The number of methoxy groups -OCH3 is 1. The van der Waals surface area contributed by atoms with Crippen LogP contribution in [-0.2, 0) is 14.1 Å². The van der Waals surface area contributed by atoms with Gasteiger partial charge in [-0.1, -0.05) is 0 Å². The monoisotopic (exact) mass is 505 g/mol. The third kappa shape index (κ3) is 4.96. The van der Waals surface area contributed by atoms with E-state index >= 15 is 0 Å². The zero-order valence-corrected chi connectivity index (χ0v) is 20.2. The summed E-state index contributed by atoms with van der Waals surface area (Å²) in [5.74, 6) is -2.60. The molecule has 0 aliphatic carbocycles. The van der Waals surface area contributed by atoms with Gasteiger partial charge < -0.3 is 29.4 Å². The Morgan fingerprint density at radius 1 is 1.23 bits per heavy atom.